The lowest BCUT2D eigenvalue weighted by Gasteiger charge is -2.21. The number of urea groups is 1. The number of nitrogens with zero attached hydrogens (tertiary/aromatic N) is 4. The average Bonchev–Trinajstić information content (AvgIpc) is 3.64. The first kappa shape index (κ1) is 24.0. The normalized spacial score (nSPS) is 21.6. The molecular formula is C27H32N6O3. The topological polar surface area (TPSA) is 115 Å². The van der Waals surface area contributed by atoms with Gasteiger partial charge in [-0.05, 0) is 37.3 Å². The van der Waals surface area contributed by atoms with Crippen LogP contribution in [0.25, 0.3) is 11.1 Å². The van der Waals surface area contributed by atoms with Gasteiger partial charge in [-0.2, -0.15) is 5.10 Å². The maximum Gasteiger partial charge on any atom is 0.317 e. The molecule has 36 heavy (non-hydrogen) atoms. The highest BCUT2D eigenvalue weighted by Gasteiger charge is 2.33. The molecule has 9 nitrogen and oxygen atoms in total. The maximum absolute atomic E-state index is 13.0. The fraction of sp³-hybridized carbons (Fsp3) is 0.407. The number of nitrogens with two attached hydrogens (primary N) is 1. The van der Waals surface area contributed by atoms with E-state index in [1.54, 1.807) is 23.1 Å². The minimum Gasteiger partial charge on any atom is -0.373 e. The first-order valence-corrected chi connectivity index (χ1v) is 12.5. The number of aryl methyl sites for hydroxylation is 1. The van der Waals surface area contributed by atoms with E-state index in [-0.39, 0.29) is 24.1 Å². The molecule has 5 rings (SSSR count). The van der Waals surface area contributed by atoms with Gasteiger partial charge in [0.25, 0.3) is 5.91 Å². The van der Waals surface area contributed by atoms with Gasteiger partial charge in [0.15, 0.2) is 0 Å². The van der Waals surface area contributed by atoms with Gasteiger partial charge in [0.05, 0.1) is 30.2 Å². The Balaban J connectivity index is 1.16. The van der Waals surface area contributed by atoms with Crippen molar-refractivity contribution < 1.29 is 14.3 Å². The van der Waals surface area contributed by atoms with Gasteiger partial charge in [-0.3, -0.25) is 14.5 Å². The number of nitrogens with one attached hydrogen (secondary N) is 1. The largest absolute Gasteiger partial charge is 0.373 e. The van der Waals surface area contributed by atoms with E-state index >= 15 is 0 Å². The van der Waals surface area contributed by atoms with Crippen LogP contribution in [0.15, 0.2) is 55.0 Å². The van der Waals surface area contributed by atoms with Crippen molar-refractivity contribution >= 4 is 11.9 Å². The summed E-state index contributed by atoms with van der Waals surface area (Å²) in [5.74, 6) is -0.551. The summed E-state index contributed by atoms with van der Waals surface area (Å²) in [6.45, 7) is 1.71. The predicted molar refractivity (Wildman–Crippen MR) is 135 cm³/mol. The van der Waals surface area contributed by atoms with Crippen LogP contribution in [0, 0.1) is 0 Å². The molecule has 3 aromatic rings. The monoisotopic (exact) mass is 488 g/mol. The van der Waals surface area contributed by atoms with E-state index in [4.69, 9.17) is 10.5 Å². The quantitative estimate of drug-likeness (QED) is 0.530. The molecule has 1 saturated heterocycles. The van der Waals surface area contributed by atoms with Crippen LogP contribution in [0.1, 0.15) is 53.2 Å². The highest BCUT2D eigenvalue weighted by Crippen LogP contribution is 2.31. The van der Waals surface area contributed by atoms with Crippen molar-refractivity contribution in [2.75, 3.05) is 13.1 Å². The van der Waals surface area contributed by atoms with Crippen LogP contribution in [0.5, 0.6) is 0 Å². The molecule has 1 aliphatic carbocycles. The SMILES string of the molecule is Cn1cc(-c2cnc([C@@H]3CCN(C(=O)NC4CCC(OCc5ccccc5)C4)C3)c(C(N)=O)c2)cn1. The lowest BCUT2D eigenvalue weighted by Crippen LogP contribution is -2.43. The second kappa shape index (κ2) is 10.5. The van der Waals surface area contributed by atoms with E-state index in [1.165, 1.54) is 0 Å². The van der Waals surface area contributed by atoms with Crippen LogP contribution >= 0.6 is 0 Å². The van der Waals surface area contributed by atoms with E-state index in [2.05, 4.69) is 27.5 Å². The minimum atomic E-state index is -0.515. The number of likely N-dealkylation sites (tertiary alicyclic amines) is 1. The highest BCUT2D eigenvalue weighted by atomic mass is 16.5. The molecule has 3 N–H and O–H groups in total. The molecular weight excluding hydrogens is 456 g/mol. The van der Waals surface area contributed by atoms with E-state index in [0.29, 0.717) is 31.0 Å². The molecule has 3 amide bonds. The van der Waals surface area contributed by atoms with Crippen molar-refractivity contribution in [1.29, 1.82) is 0 Å². The fourth-order valence-electron chi connectivity index (χ4n) is 5.17. The van der Waals surface area contributed by atoms with Crippen molar-refractivity contribution in [2.45, 2.75) is 50.4 Å². The Labute approximate surface area is 210 Å². The number of rotatable bonds is 7. The highest BCUT2D eigenvalue weighted by molar-refractivity contribution is 5.95. The van der Waals surface area contributed by atoms with Gasteiger partial charge in [0.1, 0.15) is 0 Å². The summed E-state index contributed by atoms with van der Waals surface area (Å²) in [5, 5.41) is 7.36. The van der Waals surface area contributed by atoms with E-state index in [1.807, 2.05) is 36.3 Å². The van der Waals surface area contributed by atoms with Crippen molar-refractivity contribution in [2.24, 2.45) is 12.8 Å². The molecule has 3 heterocycles. The van der Waals surface area contributed by atoms with Gasteiger partial charge in [0.2, 0.25) is 0 Å². The Morgan fingerprint density at radius 2 is 1.97 bits per heavy atom. The molecule has 3 atom stereocenters. The number of benzene rings is 1. The number of pyridine rings is 1. The van der Waals surface area contributed by atoms with Crippen LogP contribution in [0.2, 0.25) is 0 Å². The Kier molecular flexibility index (Phi) is 6.99. The van der Waals surface area contributed by atoms with Crippen molar-refractivity contribution in [3.05, 3.63) is 71.8 Å². The van der Waals surface area contributed by atoms with Gasteiger partial charge in [-0.25, -0.2) is 4.79 Å². The second-order valence-electron chi connectivity index (χ2n) is 9.73. The summed E-state index contributed by atoms with van der Waals surface area (Å²) in [7, 11) is 1.84. The first-order chi connectivity index (χ1) is 17.5. The third-order valence-electron chi connectivity index (χ3n) is 7.12. The summed E-state index contributed by atoms with van der Waals surface area (Å²) in [4.78, 5) is 31.6. The lowest BCUT2D eigenvalue weighted by atomic mass is 9.97. The zero-order valence-electron chi connectivity index (χ0n) is 20.5. The summed E-state index contributed by atoms with van der Waals surface area (Å²) >= 11 is 0. The zero-order chi connectivity index (χ0) is 25.1. The molecule has 188 valence electrons. The summed E-state index contributed by atoms with van der Waals surface area (Å²) in [6, 6.07) is 11.9. The van der Waals surface area contributed by atoms with E-state index < -0.39 is 5.91 Å². The van der Waals surface area contributed by atoms with Crippen molar-refractivity contribution in [1.82, 2.24) is 25.0 Å². The molecule has 0 bridgehead atoms. The number of carbonyl (C=O) groups excluding carboxylic acids is 2. The second-order valence-corrected chi connectivity index (χ2v) is 9.73. The molecule has 1 aliphatic heterocycles. The number of ether oxygens (including phenoxy) is 1. The number of hydrogen-bond donors (Lipinski definition) is 2. The standard InChI is InChI=1S/C27H32N6O3/c1-32-15-21(14-30-32)20-11-24(26(28)34)25(29-13-20)19-9-10-33(16-19)27(35)31-22-7-8-23(12-22)36-17-18-5-3-2-4-6-18/h2-6,11,13-15,19,22-23H,7-10,12,16-17H2,1H3,(H2,28,34)(H,31,35)/t19-,22?,23?/m1/s1. The molecule has 1 saturated carbocycles. The molecule has 2 unspecified atom stereocenters. The molecule has 9 heteroatoms. The van der Waals surface area contributed by atoms with Gasteiger partial charge >= 0.3 is 6.03 Å². The predicted octanol–water partition coefficient (Wildman–Crippen LogP) is 3.22. The Morgan fingerprint density at radius 3 is 2.72 bits per heavy atom. The Hall–Kier alpha value is -3.72. The van der Waals surface area contributed by atoms with Gasteiger partial charge < -0.3 is 20.7 Å². The van der Waals surface area contributed by atoms with Crippen molar-refractivity contribution in [3.63, 3.8) is 0 Å². The van der Waals surface area contributed by atoms with Gasteiger partial charge in [0, 0.05) is 55.6 Å². The number of primary amides is 1. The van der Waals surface area contributed by atoms with Crippen molar-refractivity contribution in [3.8, 4) is 11.1 Å². The van der Waals surface area contributed by atoms with Gasteiger partial charge in [-0.15, -0.1) is 0 Å². The molecule has 0 spiro atoms. The third kappa shape index (κ3) is 5.41. The van der Waals surface area contributed by atoms with E-state index in [0.717, 1.165) is 42.4 Å². The molecule has 2 fully saturated rings. The summed E-state index contributed by atoms with van der Waals surface area (Å²) in [6.07, 6.45) is 8.89. The average molecular weight is 489 g/mol. The third-order valence-corrected chi connectivity index (χ3v) is 7.12. The van der Waals surface area contributed by atoms with Crippen LogP contribution in [0.3, 0.4) is 0 Å². The molecule has 2 aromatic heterocycles. The minimum absolute atomic E-state index is 0.0354. The van der Waals surface area contributed by atoms with Gasteiger partial charge in [-0.1, -0.05) is 30.3 Å². The van der Waals surface area contributed by atoms with Crippen LogP contribution in [-0.2, 0) is 18.4 Å². The maximum atomic E-state index is 13.0. The molecule has 2 aliphatic rings. The zero-order valence-corrected chi connectivity index (χ0v) is 20.5. The fourth-order valence-corrected chi connectivity index (χ4v) is 5.17. The summed E-state index contributed by atoms with van der Waals surface area (Å²) in [5.41, 5.74) is 9.58. The summed E-state index contributed by atoms with van der Waals surface area (Å²) < 4.78 is 7.75. The van der Waals surface area contributed by atoms with Crippen LogP contribution in [-0.4, -0.2) is 56.8 Å². The van der Waals surface area contributed by atoms with E-state index in [9.17, 15) is 9.59 Å². The smallest absolute Gasteiger partial charge is 0.317 e. The first-order valence-electron chi connectivity index (χ1n) is 12.5. The number of hydrogen-bond acceptors (Lipinski definition) is 5. The number of carbonyl (C=O) groups is 2. The van der Waals surface area contributed by atoms with Crippen LogP contribution < -0.4 is 11.1 Å². The number of amides is 3. The Bertz CT molecular complexity index is 1230. The molecule has 0 radical (unpaired) electrons. The number of aromatic nitrogens is 3. The molecule has 1 aromatic carbocycles. The Morgan fingerprint density at radius 1 is 1.14 bits per heavy atom. The lowest BCUT2D eigenvalue weighted by molar-refractivity contribution is 0.0442. The van der Waals surface area contributed by atoms with Crippen LogP contribution in [0.4, 0.5) is 4.79 Å².